The normalized spacial score (nSPS) is 31.6. The van der Waals surface area contributed by atoms with Crippen LogP contribution in [0.25, 0.3) is 0 Å². The van der Waals surface area contributed by atoms with Crippen molar-refractivity contribution in [2.75, 3.05) is 31.1 Å². The molecule has 1 spiro atoms. The average molecular weight is 616 g/mol. The molecule has 4 aliphatic rings. The Kier molecular flexibility index (Phi) is 8.24. The van der Waals surface area contributed by atoms with Crippen molar-refractivity contribution in [3.05, 3.63) is 58.1 Å². The smallest absolute Gasteiger partial charge is 0.304 e. The maximum atomic E-state index is 13.4. The minimum Gasteiger partial charge on any atom is -0.490 e. The molecule has 2 heterocycles. The second-order valence-electron chi connectivity index (χ2n) is 12.8. The van der Waals surface area contributed by atoms with E-state index < -0.39 is 22.2 Å². The molecule has 0 aromatic heterocycles. The number of nitrogens with one attached hydrogen (secondary N) is 1. The summed E-state index contributed by atoms with van der Waals surface area (Å²) in [5, 5.41) is 12.0. The van der Waals surface area contributed by atoms with E-state index in [9.17, 15) is 18.3 Å². The molecule has 2 N–H and O–H groups in total. The number of anilines is 1. The molecule has 2 aliphatic heterocycles. The summed E-state index contributed by atoms with van der Waals surface area (Å²) in [5.74, 6) is 0.566. The molecule has 0 saturated heterocycles. The van der Waals surface area contributed by atoms with Gasteiger partial charge in [-0.15, -0.1) is 0 Å². The van der Waals surface area contributed by atoms with E-state index in [-0.39, 0.29) is 29.5 Å². The summed E-state index contributed by atoms with van der Waals surface area (Å²) in [4.78, 5) is 15.7. The van der Waals surface area contributed by atoms with Crippen LogP contribution in [0.3, 0.4) is 0 Å². The first-order valence-corrected chi connectivity index (χ1v) is 17.2. The molecule has 2 aromatic carbocycles. The molecule has 1 fully saturated rings. The standard InChI is InChI=1S/C32H42ClN3O5S/c1-3-36-21(2)6-4-8-29(37)26-12-9-24(26)18-35-19-32(15-5-7-22-16-25(33)11-13-27(22)32)20-41-30-14-10-23(17-28(30)35)31(38)34-42(36,39)40/h10-11,13-14,16-17,21,24,26,29,37H,3-9,12,15,18-20H2,1-2H3,(H,34,38)/t21-,24+,26-,29?,32+/m1/s1. The van der Waals surface area contributed by atoms with Crippen molar-refractivity contribution in [3.63, 3.8) is 0 Å². The predicted octanol–water partition coefficient (Wildman–Crippen LogP) is 5.07. The summed E-state index contributed by atoms with van der Waals surface area (Å²) in [6, 6.07) is 11.1. The van der Waals surface area contributed by atoms with Gasteiger partial charge in [0.15, 0.2) is 0 Å². The first-order valence-electron chi connectivity index (χ1n) is 15.4. The van der Waals surface area contributed by atoms with Gasteiger partial charge >= 0.3 is 10.2 Å². The Hall–Kier alpha value is -2.33. The van der Waals surface area contributed by atoms with Crippen LogP contribution in [0.1, 0.15) is 80.3 Å². The number of carbonyl (C=O) groups is 1. The maximum absolute atomic E-state index is 13.4. The number of aliphatic hydroxyl groups excluding tert-OH is 1. The van der Waals surface area contributed by atoms with E-state index in [2.05, 4.69) is 21.8 Å². The fourth-order valence-electron chi connectivity index (χ4n) is 7.80. The lowest BCUT2D eigenvalue weighted by atomic mass is 9.68. The van der Waals surface area contributed by atoms with E-state index in [1.54, 1.807) is 25.1 Å². The van der Waals surface area contributed by atoms with Gasteiger partial charge in [-0.2, -0.15) is 12.7 Å². The Morgan fingerprint density at radius 1 is 1.12 bits per heavy atom. The summed E-state index contributed by atoms with van der Waals surface area (Å²) < 4.78 is 36.8. The van der Waals surface area contributed by atoms with Gasteiger partial charge in [0, 0.05) is 41.7 Å². The van der Waals surface area contributed by atoms with Gasteiger partial charge in [-0.3, -0.25) is 4.79 Å². The second kappa shape index (κ2) is 11.6. The monoisotopic (exact) mass is 615 g/mol. The maximum Gasteiger partial charge on any atom is 0.304 e. The molecular formula is C32H42ClN3O5S. The third kappa shape index (κ3) is 5.53. The highest BCUT2D eigenvalue weighted by atomic mass is 35.5. The van der Waals surface area contributed by atoms with Crippen LogP contribution in [0, 0.1) is 11.8 Å². The van der Waals surface area contributed by atoms with Gasteiger partial charge in [-0.1, -0.05) is 24.6 Å². The molecule has 2 aliphatic carbocycles. The number of carbonyl (C=O) groups excluding carboxylic acids is 1. The molecule has 10 heteroatoms. The van der Waals surface area contributed by atoms with Gasteiger partial charge in [-0.05, 0) is 112 Å². The van der Waals surface area contributed by atoms with Crippen LogP contribution in [0.15, 0.2) is 36.4 Å². The highest BCUT2D eigenvalue weighted by molar-refractivity contribution is 7.87. The van der Waals surface area contributed by atoms with Gasteiger partial charge < -0.3 is 14.7 Å². The SMILES string of the molecule is CCN1[C@H](C)CCCC(O)[C@@H]2CC[C@H]2CN2C[C@@]3(CCCc4cc(Cl)ccc43)COc3ccc(cc32)C(=O)NS1(=O)=O. The molecule has 1 unspecified atom stereocenters. The van der Waals surface area contributed by atoms with Crippen molar-refractivity contribution in [3.8, 4) is 5.75 Å². The minimum absolute atomic E-state index is 0.201. The molecule has 42 heavy (non-hydrogen) atoms. The molecule has 1 amide bonds. The lowest BCUT2D eigenvalue weighted by Gasteiger charge is -2.46. The number of aliphatic hydroxyl groups is 1. The number of ether oxygens (including phenoxy) is 1. The van der Waals surface area contributed by atoms with E-state index in [1.807, 2.05) is 13.0 Å². The fourth-order valence-corrected chi connectivity index (χ4v) is 9.38. The van der Waals surface area contributed by atoms with Crippen molar-refractivity contribution in [1.29, 1.82) is 0 Å². The number of rotatable bonds is 1. The molecule has 228 valence electrons. The number of benzene rings is 2. The second-order valence-corrected chi connectivity index (χ2v) is 14.8. The first kappa shape index (κ1) is 29.7. The molecule has 1 saturated carbocycles. The number of fused-ring (bicyclic) bond motifs is 4. The molecule has 2 aromatic rings. The number of aryl methyl sites for hydroxylation is 1. The van der Waals surface area contributed by atoms with Crippen LogP contribution < -0.4 is 14.4 Å². The Labute approximate surface area is 254 Å². The molecule has 8 nitrogen and oxygen atoms in total. The Bertz CT molecular complexity index is 1450. The predicted molar refractivity (Wildman–Crippen MR) is 165 cm³/mol. The third-order valence-electron chi connectivity index (χ3n) is 10.2. The van der Waals surface area contributed by atoms with Crippen LogP contribution in [-0.2, 0) is 22.0 Å². The lowest BCUT2D eigenvalue weighted by Crippen LogP contribution is -2.50. The lowest BCUT2D eigenvalue weighted by molar-refractivity contribution is 0.00850. The van der Waals surface area contributed by atoms with Crippen LogP contribution in [0.5, 0.6) is 5.75 Å². The number of hydrogen-bond donors (Lipinski definition) is 2. The molecule has 0 radical (unpaired) electrons. The number of halogens is 1. The molecule has 5 atom stereocenters. The minimum atomic E-state index is -4.06. The van der Waals surface area contributed by atoms with E-state index >= 15 is 0 Å². The quantitative estimate of drug-likeness (QED) is 0.465. The Balaban J connectivity index is 1.41. The summed E-state index contributed by atoms with van der Waals surface area (Å²) in [6.45, 7) is 5.84. The van der Waals surface area contributed by atoms with E-state index in [1.165, 1.54) is 15.4 Å². The van der Waals surface area contributed by atoms with Gasteiger partial charge in [-0.25, -0.2) is 4.72 Å². The van der Waals surface area contributed by atoms with Crippen LogP contribution in [0.4, 0.5) is 5.69 Å². The van der Waals surface area contributed by atoms with Crippen molar-refractivity contribution >= 4 is 33.4 Å². The van der Waals surface area contributed by atoms with Crippen LogP contribution >= 0.6 is 11.6 Å². The summed E-state index contributed by atoms with van der Waals surface area (Å²) in [7, 11) is -4.06. The third-order valence-corrected chi connectivity index (χ3v) is 12.1. The topological polar surface area (TPSA) is 99.2 Å². The Morgan fingerprint density at radius 2 is 1.95 bits per heavy atom. The van der Waals surface area contributed by atoms with Crippen molar-refractivity contribution in [2.24, 2.45) is 11.8 Å². The zero-order valence-corrected chi connectivity index (χ0v) is 26.1. The fraction of sp³-hybridized carbons (Fsp3) is 0.594. The van der Waals surface area contributed by atoms with Crippen molar-refractivity contribution < 1.29 is 23.1 Å². The van der Waals surface area contributed by atoms with Crippen molar-refractivity contribution in [2.45, 2.75) is 82.8 Å². The highest BCUT2D eigenvalue weighted by Gasteiger charge is 2.44. The zero-order valence-electron chi connectivity index (χ0n) is 24.5. The van der Waals surface area contributed by atoms with E-state index in [4.69, 9.17) is 16.3 Å². The number of amides is 1. The van der Waals surface area contributed by atoms with Crippen molar-refractivity contribution in [1.82, 2.24) is 9.03 Å². The van der Waals surface area contributed by atoms with Crippen LogP contribution in [-0.4, -0.2) is 62.1 Å². The average Bonchev–Trinajstić information content (AvgIpc) is 3.07. The molecule has 2 bridgehead atoms. The van der Waals surface area contributed by atoms with E-state index in [0.717, 1.165) is 49.4 Å². The summed E-state index contributed by atoms with van der Waals surface area (Å²) in [6.07, 6.45) is 6.57. The van der Waals surface area contributed by atoms with E-state index in [0.29, 0.717) is 44.1 Å². The number of hydrogen-bond acceptors (Lipinski definition) is 6. The van der Waals surface area contributed by atoms with Gasteiger partial charge in [0.1, 0.15) is 5.75 Å². The Morgan fingerprint density at radius 3 is 2.71 bits per heavy atom. The molecular weight excluding hydrogens is 574 g/mol. The van der Waals surface area contributed by atoms with Gasteiger partial charge in [0.25, 0.3) is 5.91 Å². The summed E-state index contributed by atoms with van der Waals surface area (Å²) >= 11 is 6.39. The number of nitrogens with zero attached hydrogens (tertiary/aromatic N) is 2. The van der Waals surface area contributed by atoms with Gasteiger partial charge in [0.2, 0.25) is 0 Å². The zero-order chi connectivity index (χ0) is 29.6. The van der Waals surface area contributed by atoms with Gasteiger partial charge in [0.05, 0.1) is 18.4 Å². The van der Waals surface area contributed by atoms with Crippen LogP contribution in [0.2, 0.25) is 5.02 Å². The first-order chi connectivity index (χ1) is 20.1. The highest BCUT2D eigenvalue weighted by Crippen LogP contribution is 2.47. The summed E-state index contributed by atoms with van der Waals surface area (Å²) in [5.41, 5.74) is 3.35. The molecule has 6 rings (SSSR count). The largest absolute Gasteiger partial charge is 0.490 e.